The fourth-order valence-electron chi connectivity index (χ4n) is 1.44. The lowest BCUT2D eigenvalue weighted by molar-refractivity contribution is 0.0957. The van der Waals surface area contributed by atoms with Gasteiger partial charge < -0.3 is 10.6 Å². The van der Waals surface area contributed by atoms with Crippen molar-refractivity contribution >= 4 is 11.8 Å². The van der Waals surface area contributed by atoms with Gasteiger partial charge in [-0.2, -0.15) is 0 Å². The van der Waals surface area contributed by atoms with Crippen molar-refractivity contribution in [3.8, 4) is 0 Å². The van der Waals surface area contributed by atoms with E-state index in [0.29, 0.717) is 24.2 Å². The van der Waals surface area contributed by atoms with Crippen molar-refractivity contribution in [2.24, 2.45) is 0 Å². The molecule has 20 heavy (non-hydrogen) atoms. The molecule has 0 spiro atoms. The van der Waals surface area contributed by atoms with Gasteiger partial charge >= 0.3 is 0 Å². The third-order valence-corrected chi connectivity index (χ3v) is 2.40. The van der Waals surface area contributed by atoms with Gasteiger partial charge in [0, 0.05) is 24.2 Å². The normalized spacial score (nSPS) is 8.80. The average molecular weight is 268 g/mol. The zero-order chi connectivity index (χ0) is 14.8. The summed E-state index contributed by atoms with van der Waals surface area (Å²) < 4.78 is 0. The van der Waals surface area contributed by atoms with Crippen molar-refractivity contribution in [2.45, 2.75) is 0 Å². The molecule has 0 atom stereocenters. The van der Waals surface area contributed by atoms with Gasteiger partial charge in [-0.15, -0.1) is 11.5 Å². The molecule has 4 nitrogen and oxygen atoms in total. The minimum absolute atomic E-state index is 0.253. The van der Waals surface area contributed by atoms with E-state index in [2.05, 4.69) is 35.3 Å². The lowest BCUT2D eigenvalue weighted by atomic mass is 10.1. The van der Waals surface area contributed by atoms with Crippen LogP contribution in [0.2, 0.25) is 0 Å². The molecular weight excluding hydrogens is 252 g/mol. The van der Waals surface area contributed by atoms with E-state index < -0.39 is 0 Å². The Hall–Kier alpha value is -2.80. The number of benzene rings is 1. The predicted molar refractivity (Wildman–Crippen MR) is 78.5 cm³/mol. The molecule has 0 unspecified atom stereocenters. The van der Waals surface area contributed by atoms with Crippen molar-refractivity contribution in [1.82, 2.24) is 10.6 Å². The van der Waals surface area contributed by atoms with Crippen LogP contribution in [0.3, 0.4) is 0 Å². The Balaban J connectivity index is 2.74. The van der Waals surface area contributed by atoms with Gasteiger partial charge in [0.25, 0.3) is 11.8 Å². The van der Waals surface area contributed by atoms with Crippen molar-refractivity contribution in [3.63, 3.8) is 0 Å². The Morgan fingerprint density at radius 3 is 1.85 bits per heavy atom. The summed E-state index contributed by atoms with van der Waals surface area (Å²) in [6.07, 6.45) is 3.21. The first-order valence-corrected chi connectivity index (χ1v) is 6.04. The van der Waals surface area contributed by atoms with E-state index in [-0.39, 0.29) is 11.8 Å². The summed E-state index contributed by atoms with van der Waals surface area (Å²) in [5.41, 5.74) is 5.98. The summed E-state index contributed by atoms with van der Waals surface area (Å²) in [6.45, 7) is 7.51. The van der Waals surface area contributed by atoms with E-state index in [4.69, 9.17) is 0 Å². The quantitative estimate of drug-likeness (QED) is 0.773. The van der Waals surface area contributed by atoms with E-state index in [1.165, 1.54) is 0 Å². The zero-order valence-electron chi connectivity index (χ0n) is 11.1. The van der Waals surface area contributed by atoms with Gasteiger partial charge in [0.1, 0.15) is 0 Å². The number of carbonyl (C=O) groups excluding carboxylic acids is 2. The van der Waals surface area contributed by atoms with Crippen LogP contribution in [0.25, 0.3) is 0 Å². The first-order chi connectivity index (χ1) is 9.69. The Kier molecular flexibility index (Phi) is 6.35. The van der Waals surface area contributed by atoms with Crippen LogP contribution in [0.5, 0.6) is 0 Å². The minimum atomic E-state index is -0.253. The van der Waals surface area contributed by atoms with Crippen LogP contribution in [-0.2, 0) is 0 Å². The third kappa shape index (κ3) is 4.83. The predicted octanol–water partition coefficient (Wildman–Crippen LogP) is 1.83. The molecule has 2 amide bonds. The Labute approximate surface area is 118 Å². The Morgan fingerprint density at radius 2 is 1.45 bits per heavy atom. The zero-order valence-corrected chi connectivity index (χ0v) is 11.1. The van der Waals surface area contributed by atoms with Gasteiger partial charge in [-0.25, -0.2) is 0 Å². The van der Waals surface area contributed by atoms with E-state index in [1.54, 1.807) is 36.4 Å². The van der Waals surface area contributed by atoms with Crippen molar-refractivity contribution in [2.75, 3.05) is 13.1 Å². The van der Waals surface area contributed by atoms with E-state index in [0.717, 1.165) is 0 Å². The van der Waals surface area contributed by atoms with Crippen molar-refractivity contribution < 1.29 is 9.59 Å². The Bertz CT molecular complexity index is 543. The van der Waals surface area contributed by atoms with Crippen LogP contribution in [0, 0.1) is 0 Å². The molecule has 2 N–H and O–H groups in total. The molecule has 0 aliphatic carbocycles. The first kappa shape index (κ1) is 15.3. The van der Waals surface area contributed by atoms with Crippen LogP contribution < -0.4 is 10.6 Å². The number of carbonyl (C=O) groups is 2. The number of nitrogens with one attached hydrogen (secondary N) is 2. The topological polar surface area (TPSA) is 58.2 Å². The molecule has 1 rings (SSSR count). The molecule has 0 heterocycles. The summed E-state index contributed by atoms with van der Waals surface area (Å²) in [7, 11) is 0. The fourth-order valence-corrected chi connectivity index (χ4v) is 1.44. The molecule has 0 radical (unpaired) electrons. The molecule has 1 aromatic rings. The highest BCUT2D eigenvalue weighted by atomic mass is 16.2. The number of hydrogen-bond donors (Lipinski definition) is 2. The largest absolute Gasteiger partial charge is 0.348 e. The number of rotatable bonds is 6. The molecule has 4 heteroatoms. The summed E-state index contributed by atoms with van der Waals surface area (Å²) in [5.74, 6) is -0.505. The smallest absolute Gasteiger partial charge is 0.251 e. The molecule has 0 saturated heterocycles. The summed E-state index contributed by atoms with van der Waals surface area (Å²) >= 11 is 0. The Morgan fingerprint density at radius 1 is 1.00 bits per heavy atom. The van der Waals surface area contributed by atoms with Crippen LogP contribution in [0.1, 0.15) is 20.7 Å². The van der Waals surface area contributed by atoms with Gasteiger partial charge in [-0.3, -0.25) is 9.59 Å². The van der Waals surface area contributed by atoms with Crippen LogP contribution >= 0.6 is 0 Å². The van der Waals surface area contributed by atoms with Gasteiger partial charge in [0.2, 0.25) is 0 Å². The van der Waals surface area contributed by atoms with Crippen molar-refractivity contribution in [1.29, 1.82) is 0 Å². The molecule has 0 aromatic heterocycles. The maximum absolute atomic E-state index is 11.8. The summed E-state index contributed by atoms with van der Waals surface area (Å²) in [4.78, 5) is 23.6. The standard InChI is InChI=1S/C16H16N2O2/c1-3-5-10-17-15(19)13-8-7-9-14(12-13)16(20)18-11-6-4-2/h5-9,12H,1-2,10-11H2,(H,17,19)(H,18,20). The van der Waals surface area contributed by atoms with Crippen LogP contribution in [0.15, 0.2) is 61.0 Å². The molecule has 0 saturated carbocycles. The van der Waals surface area contributed by atoms with Crippen molar-refractivity contribution in [3.05, 3.63) is 72.2 Å². The molecule has 0 aliphatic rings. The lowest BCUT2D eigenvalue weighted by Crippen LogP contribution is -2.25. The third-order valence-electron chi connectivity index (χ3n) is 2.40. The second-order valence-electron chi connectivity index (χ2n) is 3.82. The molecule has 102 valence electrons. The highest BCUT2D eigenvalue weighted by Crippen LogP contribution is 2.05. The highest BCUT2D eigenvalue weighted by Gasteiger charge is 2.09. The van der Waals surface area contributed by atoms with Gasteiger partial charge in [-0.1, -0.05) is 19.2 Å². The van der Waals surface area contributed by atoms with E-state index in [9.17, 15) is 9.59 Å². The summed E-state index contributed by atoms with van der Waals surface area (Å²) in [5, 5.41) is 5.33. The monoisotopic (exact) mass is 268 g/mol. The molecule has 1 aromatic carbocycles. The van der Waals surface area contributed by atoms with Crippen LogP contribution in [-0.4, -0.2) is 24.9 Å². The van der Waals surface area contributed by atoms with Gasteiger partial charge in [0.05, 0.1) is 0 Å². The highest BCUT2D eigenvalue weighted by molar-refractivity contribution is 5.99. The molecule has 0 fully saturated rings. The van der Waals surface area contributed by atoms with E-state index >= 15 is 0 Å². The summed E-state index contributed by atoms with van der Waals surface area (Å²) in [6, 6.07) is 6.50. The minimum Gasteiger partial charge on any atom is -0.348 e. The second-order valence-corrected chi connectivity index (χ2v) is 3.82. The maximum Gasteiger partial charge on any atom is 0.251 e. The molecule has 0 aliphatic heterocycles. The second kappa shape index (κ2) is 8.33. The lowest BCUT2D eigenvalue weighted by Gasteiger charge is -2.05. The SMILES string of the molecule is C=C=CCNC(=O)c1cccc(C(=O)NCC=C=C)c1. The van der Waals surface area contributed by atoms with Gasteiger partial charge in [0.15, 0.2) is 0 Å². The molecule has 0 bridgehead atoms. The van der Waals surface area contributed by atoms with Gasteiger partial charge in [-0.05, 0) is 30.4 Å². The molecular formula is C16H16N2O2. The van der Waals surface area contributed by atoms with Crippen LogP contribution in [0.4, 0.5) is 0 Å². The number of amides is 2. The first-order valence-electron chi connectivity index (χ1n) is 6.04. The maximum atomic E-state index is 11.8. The average Bonchev–Trinajstić information content (AvgIpc) is 2.47. The fraction of sp³-hybridized carbons (Fsp3) is 0.125. The van der Waals surface area contributed by atoms with E-state index in [1.807, 2.05) is 0 Å². The number of hydrogen-bond acceptors (Lipinski definition) is 2.